The Kier molecular flexibility index (Phi) is 3.81. The molecule has 0 aliphatic carbocycles. The first-order valence-corrected chi connectivity index (χ1v) is 10.8. The van der Waals surface area contributed by atoms with E-state index in [4.69, 9.17) is 18.6 Å². The van der Waals surface area contributed by atoms with Gasteiger partial charge in [0.15, 0.2) is 11.3 Å². The molecule has 4 heteroatoms. The Labute approximate surface area is 188 Å². The molecule has 0 spiro atoms. The maximum absolute atomic E-state index is 6.22. The van der Waals surface area contributed by atoms with Gasteiger partial charge in [-0.15, -0.1) is 0 Å². The maximum Gasteiger partial charge on any atom is 0.219 e. The van der Waals surface area contributed by atoms with E-state index in [0.717, 1.165) is 49.6 Å². The molecular weight excluding hydrogens is 410 g/mol. The summed E-state index contributed by atoms with van der Waals surface area (Å²) in [5, 5.41) is 4.25. The van der Waals surface area contributed by atoms with E-state index in [1.165, 1.54) is 0 Å². The molecule has 0 aliphatic heterocycles. The van der Waals surface area contributed by atoms with Gasteiger partial charge in [-0.2, -0.15) is 0 Å². The number of furan rings is 2. The third-order valence-corrected chi connectivity index (χ3v) is 5.99. The van der Waals surface area contributed by atoms with Gasteiger partial charge in [0.05, 0.1) is 5.69 Å². The fourth-order valence-corrected chi connectivity index (χ4v) is 4.48. The molecule has 4 nitrogen and oxygen atoms in total. The average molecular weight is 427 g/mol. The number of hydrogen-bond acceptors (Lipinski definition) is 4. The minimum Gasteiger partial charge on any atom is -0.455 e. The van der Waals surface area contributed by atoms with E-state index in [2.05, 4.69) is 18.2 Å². The molecule has 0 fully saturated rings. The standard InChI is InChI=1S/C29H17NO3/c1-3-14-24-18(8-1)20-10-5-12-22(28(20)32-24)23-13-7-17-27(30-23)31-26-16-6-11-21-19-9-2-4-15-25(19)33-29(21)26/h1-17H. The molecule has 7 aromatic rings. The highest BCUT2D eigenvalue weighted by Crippen LogP contribution is 2.38. The van der Waals surface area contributed by atoms with Gasteiger partial charge in [-0.1, -0.05) is 66.7 Å². The number of ether oxygens (including phenoxy) is 1. The second-order valence-electron chi connectivity index (χ2n) is 7.97. The minimum absolute atomic E-state index is 0.494. The van der Waals surface area contributed by atoms with Crippen molar-refractivity contribution in [2.24, 2.45) is 0 Å². The molecule has 0 unspecified atom stereocenters. The lowest BCUT2D eigenvalue weighted by Gasteiger charge is -2.08. The summed E-state index contributed by atoms with van der Waals surface area (Å²) >= 11 is 0. The molecule has 0 bridgehead atoms. The van der Waals surface area contributed by atoms with Crippen LogP contribution in [0.4, 0.5) is 0 Å². The number of hydrogen-bond donors (Lipinski definition) is 0. The van der Waals surface area contributed by atoms with Crippen molar-refractivity contribution in [2.45, 2.75) is 0 Å². The van der Waals surface area contributed by atoms with Gasteiger partial charge in [0.1, 0.15) is 16.7 Å². The molecule has 7 rings (SSSR count). The molecule has 33 heavy (non-hydrogen) atoms. The molecule has 0 saturated heterocycles. The van der Waals surface area contributed by atoms with Gasteiger partial charge in [-0.05, 0) is 30.3 Å². The predicted molar refractivity (Wildman–Crippen MR) is 131 cm³/mol. The number of aromatic nitrogens is 1. The molecule has 3 heterocycles. The van der Waals surface area contributed by atoms with Crippen molar-refractivity contribution in [3.05, 3.63) is 103 Å². The van der Waals surface area contributed by atoms with Gasteiger partial charge in [0.25, 0.3) is 0 Å². The van der Waals surface area contributed by atoms with Crippen LogP contribution in [-0.2, 0) is 0 Å². The smallest absolute Gasteiger partial charge is 0.219 e. The first-order valence-electron chi connectivity index (χ1n) is 10.8. The van der Waals surface area contributed by atoms with Crippen molar-refractivity contribution >= 4 is 43.9 Å². The van der Waals surface area contributed by atoms with Crippen molar-refractivity contribution in [3.8, 4) is 22.9 Å². The van der Waals surface area contributed by atoms with Crippen molar-refractivity contribution in [3.63, 3.8) is 0 Å². The number of pyridine rings is 1. The first-order chi connectivity index (χ1) is 16.3. The highest BCUT2D eigenvalue weighted by Gasteiger charge is 2.15. The Morgan fingerprint density at radius 1 is 0.515 bits per heavy atom. The van der Waals surface area contributed by atoms with E-state index < -0.39 is 0 Å². The molecule has 0 radical (unpaired) electrons. The molecule has 156 valence electrons. The zero-order valence-electron chi connectivity index (χ0n) is 17.5. The van der Waals surface area contributed by atoms with Crippen molar-refractivity contribution < 1.29 is 13.6 Å². The largest absolute Gasteiger partial charge is 0.455 e. The Bertz CT molecular complexity index is 1810. The fraction of sp³-hybridized carbons (Fsp3) is 0. The zero-order chi connectivity index (χ0) is 21.8. The van der Waals surface area contributed by atoms with Crippen LogP contribution < -0.4 is 4.74 Å². The highest BCUT2D eigenvalue weighted by atomic mass is 16.5. The monoisotopic (exact) mass is 427 g/mol. The van der Waals surface area contributed by atoms with Crippen LogP contribution in [0.15, 0.2) is 112 Å². The SMILES string of the molecule is c1cc(Oc2cccc3c2oc2ccccc23)nc(-c2cccc3c2oc2ccccc23)c1. The zero-order valence-corrected chi connectivity index (χ0v) is 17.5. The van der Waals surface area contributed by atoms with Gasteiger partial charge in [0.2, 0.25) is 5.88 Å². The minimum atomic E-state index is 0.494. The molecular formula is C29H17NO3. The third kappa shape index (κ3) is 2.81. The molecule has 0 saturated carbocycles. The maximum atomic E-state index is 6.22. The van der Waals surface area contributed by atoms with E-state index >= 15 is 0 Å². The summed E-state index contributed by atoms with van der Waals surface area (Å²) in [5.74, 6) is 1.13. The van der Waals surface area contributed by atoms with Crippen molar-refractivity contribution in [2.75, 3.05) is 0 Å². The number of benzene rings is 4. The van der Waals surface area contributed by atoms with Crippen LogP contribution in [-0.4, -0.2) is 4.98 Å². The number of nitrogens with zero attached hydrogens (tertiary/aromatic N) is 1. The Morgan fingerprint density at radius 3 is 1.91 bits per heavy atom. The number of rotatable bonds is 3. The Balaban J connectivity index is 1.34. The molecule has 0 atom stereocenters. The lowest BCUT2D eigenvalue weighted by atomic mass is 10.1. The Hall–Kier alpha value is -4.57. The van der Waals surface area contributed by atoms with Gasteiger partial charge in [-0.25, -0.2) is 4.98 Å². The van der Waals surface area contributed by atoms with Crippen LogP contribution in [0.3, 0.4) is 0 Å². The van der Waals surface area contributed by atoms with Crippen LogP contribution >= 0.6 is 0 Å². The second kappa shape index (κ2) is 6.97. The third-order valence-electron chi connectivity index (χ3n) is 5.99. The highest BCUT2D eigenvalue weighted by molar-refractivity contribution is 6.09. The van der Waals surface area contributed by atoms with Crippen LogP contribution in [0.1, 0.15) is 0 Å². The Morgan fingerprint density at radius 2 is 1.12 bits per heavy atom. The lowest BCUT2D eigenvalue weighted by molar-refractivity contribution is 0.458. The van der Waals surface area contributed by atoms with Gasteiger partial charge < -0.3 is 13.6 Å². The predicted octanol–water partition coefficient (Wildman–Crippen LogP) is 8.34. The summed E-state index contributed by atoms with van der Waals surface area (Å²) in [5.41, 5.74) is 4.95. The normalized spacial score (nSPS) is 11.6. The summed E-state index contributed by atoms with van der Waals surface area (Å²) in [6, 6.07) is 33.9. The topological polar surface area (TPSA) is 48.4 Å². The summed E-state index contributed by atoms with van der Waals surface area (Å²) in [6.07, 6.45) is 0. The summed E-state index contributed by atoms with van der Waals surface area (Å²) < 4.78 is 18.5. The van der Waals surface area contributed by atoms with Crippen molar-refractivity contribution in [1.82, 2.24) is 4.98 Å². The molecule has 3 aromatic heterocycles. The van der Waals surface area contributed by atoms with Crippen LogP contribution in [0.25, 0.3) is 55.1 Å². The van der Waals surface area contributed by atoms with Gasteiger partial charge >= 0.3 is 0 Å². The molecule has 4 aromatic carbocycles. The van der Waals surface area contributed by atoms with Crippen LogP contribution in [0.5, 0.6) is 11.6 Å². The van der Waals surface area contributed by atoms with E-state index in [1.807, 2.05) is 84.9 Å². The van der Waals surface area contributed by atoms with E-state index in [0.29, 0.717) is 17.2 Å². The van der Waals surface area contributed by atoms with Crippen LogP contribution in [0.2, 0.25) is 0 Å². The average Bonchev–Trinajstić information content (AvgIpc) is 3.43. The molecule has 0 N–H and O–H groups in total. The number of para-hydroxylation sites is 4. The summed E-state index contributed by atoms with van der Waals surface area (Å²) in [4.78, 5) is 4.80. The first kappa shape index (κ1) is 18.0. The number of fused-ring (bicyclic) bond motifs is 6. The van der Waals surface area contributed by atoms with E-state index in [1.54, 1.807) is 0 Å². The molecule has 0 aliphatic rings. The van der Waals surface area contributed by atoms with Crippen LogP contribution in [0, 0.1) is 0 Å². The van der Waals surface area contributed by atoms with Gasteiger partial charge in [0, 0.05) is 33.2 Å². The summed E-state index contributed by atoms with van der Waals surface area (Å²) in [6.45, 7) is 0. The van der Waals surface area contributed by atoms with E-state index in [9.17, 15) is 0 Å². The van der Waals surface area contributed by atoms with Gasteiger partial charge in [-0.3, -0.25) is 0 Å². The van der Waals surface area contributed by atoms with E-state index in [-0.39, 0.29) is 0 Å². The summed E-state index contributed by atoms with van der Waals surface area (Å²) in [7, 11) is 0. The molecule has 0 amide bonds. The fourth-order valence-electron chi connectivity index (χ4n) is 4.48. The van der Waals surface area contributed by atoms with Crippen molar-refractivity contribution in [1.29, 1.82) is 0 Å². The second-order valence-corrected chi connectivity index (χ2v) is 7.97. The quantitative estimate of drug-likeness (QED) is 0.284. The lowest BCUT2D eigenvalue weighted by Crippen LogP contribution is -1.91.